The van der Waals surface area contributed by atoms with Gasteiger partial charge in [0, 0.05) is 35.6 Å². The van der Waals surface area contributed by atoms with Crippen LogP contribution in [0, 0.1) is 36.1 Å². The van der Waals surface area contributed by atoms with Gasteiger partial charge >= 0.3 is 0 Å². The first-order valence-corrected chi connectivity index (χ1v) is 13.7. The van der Waals surface area contributed by atoms with Crippen molar-refractivity contribution in [2.24, 2.45) is 0 Å². The van der Waals surface area contributed by atoms with Gasteiger partial charge in [0.15, 0.2) is 0 Å². The summed E-state index contributed by atoms with van der Waals surface area (Å²) in [6.45, 7) is 24.5. The maximum atomic E-state index is 11.1. The second kappa shape index (κ2) is 13.1. The van der Waals surface area contributed by atoms with E-state index in [0.717, 1.165) is 19.4 Å². The van der Waals surface area contributed by atoms with Crippen LogP contribution >= 0.6 is 0 Å². The van der Waals surface area contributed by atoms with Crippen LogP contribution in [0.1, 0.15) is 73.4 Å². The van der Waals surface area contributed by atoms with Gasteiger partial charge in [0.2, 0.25) is 0 Å². The van der Waals surface area contributed by atoms with E-state index in [4.69, 9.17) is 19.8 Å². The average molecular weight is 510 g/mol. The van der Waals surface area contributed by atoms with Crippen molar-refractivity contribution < 1.29 is 46.6 Å². The number of hydrogen-bond donors (Lipinski definition) is 3. The molecule has 0 unspecified atom stereocenters. The van der Waals surface area contributed by atoms with Crippen molar-refractivity contribution in [3.05, 3.63) is 52.5 Å². The molecule has 2 rings (SSSR count). The number of carboxylic acids is 2. The Morgan fingerprint density at radius 3 is 1.42 bits per heavy atom. The van der Waals surface area contributed by atoms with Gasteiger partial charge in [0.05, 0.1) is 8.07 Å². The van der Waals surface area contributed by atoms with Gasteiger partial charge in [-0.2, -0.15) is 0 Å². The van der Waals surface area contributed by atoms with Crippen molar-refractivity contribution >= 4 is 25.2 Å². The Balaban J connectivity index is 0. The Morgan fingerprint density at radius 1 is 0.788 bits per heavy atom. The molecule has 5 nitrogen and oxygen atoms in total. The monoisotopic (exact) mass is 509 g/mol. The summed E-state index contributed by atoms with van der Waals surface area (Å²) in [6.07, 6.45) is 0. The van der Waals surface area contributed by atoms with Gasteiger partial charge < -0.3 is 15.3 Å². The summed E-state index contributed by atoms with van der Waals surface area (Å²) in [5, 5.41) is 27.1. The third-order valence-electron chi connectivity index (χ3n) is 5.80. The number of aromatic hydroxyl groups is 1. The summed E-state index contributed by atoms with van der Waals surface area (Å²) in [5.41, 5.74) is 3.74. The predicted molar refractivity (Wildman–Crippen MR) is 134 cm³/mol. The topological polar surface area (TPSA) is 94.8 Å². The third kappa shape index (κ3) is 9.22. The molecular formula is C26H41O5SiTi. The maximum absolute atomic E-state index is 11.1. The molecule has 0 spiro atoms. The Kier molecular flexibility index (Phi) is 13.5. The second-order valence-corrected chi connectivity index (χ2v) is 14.3. The molecular weight excluding hydrogens is 468 g/mol. The summed E-state index contributed by atoms with van der Waals surface area (Å²) < 4.78 is 0. The Bertz CT molecular complexity index is 767. The molecule has 0 saturated heterocycles. The summed E-state index contributed by atoms with van der Waals surface area (Å²) in [5.74, 6) is 4.50. The molecule has 1 aromatic carbocycles. The normalized spacial score (nSPS) is 16.2. The third-order valence-corrected chi connectivity index (χ3v) is 9.53. The fourth-order valence-corrected chi connectivity index (χ4v) is 7.95. The first-order valence-electron chi connectivity index (χ1n) is 10.7. The number of aliphatic carboxylic acids is 2. The van der Waals surface area contributed by atoms with Crippen molar-refractivity contribution in [1.82, 2.24) is 0 Å². The van der Waals surface area contributed by atoms with Crippen LogP contribution in [-0.2, 0) is 36.7 Å². The van der Waals surface area contributed by atoms with Gasteiger partial charge in [-0.25, -0.2) is 0 Å². The van der Waals surface area contributed by atoms with Gasteiger partial charge in [-0.15, -0.1) is 0 Å². The molecule has 0 aliphatic heterocycles. The zero-order chi connectivity index (χ0) is 25.8. The summed E-state index contributed by atoms with van der Waals surface area (Å²) >= 11 is 0. The van der Waals surface area contributed by atoms with Crippen molar-refractivity contribution in [2.75, 3.05) is 0 Å². The van der Waals surface area contributed by atoms with Crippen LogP contribution in [0.5, 0.6) is 5.75 Å². The van der Waals surface area contributed by atoms with Crippen molar-refractivity contribution in [3.8, 4) is 5.75 Å². The molecule has 1 aliphatic carbocycles. The minimum Gasteiger partial charge on any atom is -0.508 e. The molecule has 33 heavy (non-hydrogen) atoms. The molecule has 0 amide bonds. The summed E-state index contributed by atoms with van der Waals surface area (Å²) in [7, 11) is -1.99. The zero-order valence-electron chi connectivity index (χ0n) is 22.3. The summed E-state index contributed by atoms with van der Waals surface area (Å²) in [4.78, 5) is 18.0. The smallest absolute Gasteiger partial charge is 0.300 e. The van der Waals surface area contributed by atoms with E-state index >= 15 is 0 Å². The van der Waals surface area contributed by atoms with Crippen LogP contribution in [0.3, 0.4) is 0 Å². The average Bonchev–Trinajstić information content (AvgIpc) is 2.78. The van der Waals surface area contributed by atoms with Crippen molar-refractivity contribution in [2.45, 2.75) is 87.7 Å². The van der Waals surface area contributed by atoms with Gasteiger partial charge in [0.1, 0.15) is 5.75 Å². The van der Waals surface area contributed by atoms with Crippen LogP contribution in [0.15, 0.2) is 12.1 Å². The van der Waals surface area contributed by atoms with Crippen molar-refractivity contribution in [3.63, 3.8) is 0 Å². The van der Waals surface area contributed by atoms with Crippen LogP contribution in [0.2, 0.25) is 13.1 Å². The number of aryl methyl sites for hydroxylation is 1. The molecule has 3 N–H and O–H groups in total. The molecule has 0 atom stereocenters. The van der Waals surface area contributed by atoms with E-state index < -0.39 is 20.0 Å². The van der Waals surface area contributed by atoms with E-state index in [-0.39, 0.29) is 27.1 Å². The first kappa shape index (κ1) is 34.1. The first-order chi connectivity index (χ1) is 14.3. The Labute approximate surface area is 217 Å². The fraction of sp³-hybridized carbons (Fsp3) is 0.500. The molecule has 1 saturated carbocycles. The number of phenolic OH excluding ortho intramolecular Hbond substituents is 1. The standard InChI is InChI=1S/C22H33OSi.2C2H4O2.Ti/c1-13-11-18(22(6,7)8)20(23)19(12-13)24(9,10)21-16(4)14(2)15(3)17(21)5;2*1-2(3)4;/h11-12,23H,1-10H3;2*1H3,(H,3,4);. The number of carbonyl (C=O) groups is 2. The number of benzene rings is 1. The SMILES string of the molecule is CC(=O)O.CC(=O)O.C[C]1[C](C)[C](C)[C]([Si](C)(C)c2cc(C)cc(C(C)(C)C)c2O)[C]1C.[Ti]. The van der Waals surface area contributed by atoms with Crippen molar-refractivity contribution in [1.29, 1.82) is 0 Å². The molecule has 7 heteroatoms. The van der Waals surface area contributed by atoms with Gasteiger partial charge in [-0.3, -0.25) is 9.59 Å². The Hall–Kier alpha value is -1.11. The number of hydrogen-bond acceptors (Lipinski definition) is 3. The second-order valence-electron chi connectivity index (χ2n) is 10.00. The molecule has 0 aromatic heterocycles. The molecule has 1 aliphatic rings. The number of carboxylic acid groups (broad SMARTS) is 2. The summed E-state index contributed by atoms with van der Waals surface area (Å²) in [6, 6.07) is 4.36. The van der Waals surface area contributed by atoms with E-state index in [0.29, 0.717) is 5.75 Å². The molecule has 1 fully saturated rings. The molecule has 0 heterocycles. The number of phenols is 1. The van der Waals surface area contributed by atoms with Crippen LogP contribution in [0.4, 0.5) is 0 Å². The zero-order valence-corrected chi connectivity index (χ0v) is 24.9. The largest absolute Gasteiger partial charge is 0.508 e. The van der Waals surface area contributed by atoms with Crippen LogP contribution in [0.25, 0.3) is 0 Å². The van der Waals surface area contributed by atoms with Gasteiger partial charge in [0.25, 0.3) is 11.9 Å². The van der Waals surface area contributed by atoms with Gasteiger partial charge in [-0.05, 0) is 52.3 Å². The molecule has 183 valence electrons. The van der Waals surface area contributed by atoms with Gasteiger partial charge in [-0.1, -0.05) is 79.3 Å². The quantitative estimate of drug-likeness (QED) is 0.452. The van der Waals surface area contributed by atoms with Crippen LogP contribution in [-0.4, -0.2) is 35.3 Å². The van der Waals surface area contributed by atoms with E-state index in [9.17, 15) is 5.11 Å². The minimum atomic E-state index is -1.99. The molecule has 5 radical (unpaired) electrons. The maximum Gasteiger partial charge on any atom is 0.300 e. The Morgan fingerprint density at radius 2 is 1.12 bits per heavy atom. The molecule has 0 bridgehead atoms. The minimum absolute atomic E-state index is 0. The van der Waals surface area contributed by atoms with E-state index in [2.05, 4.69) is 80.6 Å². The van der Waals surface area contributed by atoms with E-state index in [1.165, 1.54) is 40.0 Å². The van der Waals surface area contributed by atoms with Crippen LogP contribution < -0.4 is 5.19 Å². The fourth-order valence-electron chi connectivity index (χ4n) is 4.12. The van der Waals surface area contributed by atoms with E-state index in [1.54, 1.807) is 0 Å². The number of rotatable bonds is 2. The van der Waals surface area contributed by atoms with E-state index in [1.807, 2.05) is 0 Å². The predicted octanol–water partition coefficient (Wildman–Crippen LogP) is 5.60. The molecule has 1 aromatic rings.